The molecule has 0 bridgehead atoms. The maximum Gasteiger partial charge on any atom is 0.251 e. The highest BCUT2D eigenvalue weighted by Crippen LogP contribution is 2.29. The van der Waals surface area contributed by atoms with Gasteiger partial charge < -0.3 is 15.0 Å². The average molecular weight is 405 g/mol. The molecule has 1 aliphatic carbocycles. The van der Waals surface area contributed by atoms with Crippen LogP contribution in [-0.4, -0.2) is 41.9 Å². The Hall–Kier alpha value is -2.01. The molecule has 1 N–H and O–H groups in total. The summed E-state index contributed by atoms with van der Waals surface area (Å²) in [7, 11) is 0. The first-order valence-corrected chi connectivity index (χ1v) is 10.5. The standard InChI is InChI=1S/C22H29ClN2O3/c1-3-15(2)22(27)25-12-10-18(11-13-25)28-20-9-8-16(14-19(20)23)21(26)24-17-6-4-5-7-17/h3,8-9,14,17-18H,4-7,10-13H2,1-2H3,(H,24,26). The minimum atomic E-state index is -0.0773. The number of hydrogen-bond acceptors (Lipinski definition) is 3. The second-order valence-electron chi connectivity index (χ2n) is 7.68. The zero-order valence-corrected chi connectivity index (χ0v) is 17.4. The fourth-order valence-electron chi connectivity index (χ4n) is 3.81. The molecule has 1 saturated heterocycles. The molecule has 2 amide bonds. The van der Waals surface area contributed by atoms with Crippen molar-refractivity contribution in [2.75, 3.05) is 13.1 Å². The first kappa shape index (κ1) is 20.7. The molecular formula is C22H29ClN2O3. The van der Waals surface area contributed by atoms with Gasteiger partial charge in [-0.25, -0.2) is 0 Å². The molecule has 152 valence electrons. The van der Waals surface area contributed by atoms with Crippen LogP contribution in [0.4, 0.5) is 0 Å². The summed E-state index contributed by atoms with van der Waals surface area (Å²) in [5.41, 5.74) is 1.33. The van der Waals surface area contributed by atoms with Crippen molar-refractivity contribution in [3.8, 4) is 5.75 Å². The minimum Gasteiger partial charge on any atom is -0.489 e. The molecule has 0 atom stereocenters. The van der Waals surface area contributed by atoms with Crippen LogP contribution in [0.3, 0.4) is 0 Å². The molecule has 0 unspecified atom stereocenters. The predicted molar refractivity (Wildman–Crippen MR) is 111 cm³/mol. The van der Waals surface area contributed by atoms with E-state index in [1.807, 2.05) is 24.8 Å². The number of allylic oxidation sites excluding steroid dienone is 1. The molecule has 1 aliphatic heterocycles. The van der Waals surface area contributed by atoms with Crippen molar-refractivity contribution in [2.24, 2.45) is 0 Å². The van der Waals surface area contributed by atoms with Gasteiger partial charge in [0.15, 0.2) is 0 Å². The van der Waals surface area contributed by atoms with E-state index in [1.54, 1.807) is 18.2 Å². The van der Waals surface area contributed by atoms with Gasteiger partial charge >= 0.3 is 0 Å². The molecule has 1 aromatic rings. The lowest BCUT2D eigenvalue weighted by molar-refractivity contribution is -0.128. The van der Waals surface area contributed by atoms with Crippen molar-refractivity contribution >= 4 is 23.4 Å². The quantitative estimate of drug-likeness (QED) is 0.742. The van der Waals surface area contributed by atoms with Crippen LogP contribution in [0.25, 0.3) is 0 Å². The SMILES string of the molecule is CC=C(C)C(=O)N1CCC(Oc2ccc(C(=O)NC3CCCC3)cc2Cl)CC1. The summed E-state index contributed by atoms with van der Waals surface area (Å²) in [5, 5.41) is 3.52. The fourth-order valence-corrected chi connectivity index (χ4v) is 4.03. The zero-order valence-electron chi connectivity index (χ0n) is 16.7. The normalized spacial score (nSPS) is 19.0. The summed E-state index contributed by atoms with van der Waals surface area (Å²) in [6.45, 7) is 5.07. The Morgan fingerprint density at radius 2 is 1.86 bits per heavy atom. The van der Waals surface area contributed by atoms with Gasteiger partial charge in [-0.3, -0.25) is 9.59 Å². The monoisotopic (exact) mass is 404 g/mol. The number of hydrogen-bond donors (Lipinski definition) is 1. The van der Waals surface area contributed by atoms with Crippen LogP contribution in [0.15, 0.2) is 29.8 Å². The van der Waals surface area contributed by atoms with Gasteiger partial charge in [0.1, 0.15) is 11.9 Å². The van der Waals surface area contributed by atoms with Crippen LogP contribution < -0.4 is 10.1 Å². The summed E-state index contributed by atoms with van der Waals surface area (Å²) in [4.78, 5) is 26.5. The first-order chi connectivity index (χ1) is 13.5. The third-order valence-corrected chi connectivity index (χ3v) is 5.97. The summed E-state index contributed by atoms with van der Waals surface area (Å²) in [5.74, 6) is 0.608. The summed E-state index contributed by atoms with van der Waals surface area (Å²) < 4.78 is 6.05. The summed E-state index contributed by atoms with van der Waals surface area (Å²) >= 11 is 6.37. The smallest absolute Gasteiger partial charge is 0.251 e. The second kappa shape index (κ2) is 9.46. The Morgan fingerprint density at radius 3 is 2.46 bits per heavy atom. The fraction of sp³-hybridized carbons (Fsp3) is 0.545. The number of piperidine rings is 1. The average Bonchev–Trinajstić information content (AvgIpc) is 3.21. The summed E-state index contributed by atoms with van der Waals surface area (Å²) in [6, 6.07) is 5.49. The predicted octanol–water partition coefficient (Wildman–Crippen LogP) is 4.35. The highest BCUT2D eigenvalue weighted by atomic mass is 35.5. The number of rotatable bonds is 5. The number of carbonyl (C=O) groups excluding carboxylic acids is 2. The molecule has 1 aromatic carbocycles. The minimum absolute atomic E-state index is 0.0191. The van der Waals surface area contributed by atoms with E-state index in [1.165, 1.54) is 12.8 Å². The number of ether oxygens (including phenoxy) is 1. The number of likely N-dealkylation sites (tertiary alicyclic amines) is 1. The Kier molecular flexibility index (Phi) is 7.00. The molecule has 5 nitrogen and oxygen atoms in total. The van der Waals surface area contributed by atoms with Gasteiger partial charge in [-0.1, -0.05) is 30.5 Å². The number of benzene rings is 1. The molecule has 0 spiro atoms. The van der Waals surface area contributed by atoms with Crippen molar-refractivity contribution in [3.63, 3.8) is 0 Å². The lowest BCUT2D eigenvalue weighted by atomic mass is 10.1. The molecule has 2 fully saturated rings. The molecule has 1 heterocycles. The number of carbonyl (C=O) groups is 2. The van der Waals surface area contributed by atoms with Crippen LogP contribution in [0.1, 0.15) is 62.7 Å². The van der Waals surface area contributed by atoms with Crippen LogP contribution in [0.5, 0.6) is 5.75 Å². The molecule has 0 radical (unpaired) electrons. The molecular weight excluding hydrogens is 376 g/mol. The van der Waals surface area contributed by atoms with Crippen LogP contribution >= 0.6 is 11.6 Å². The number of halogens is 1. The Labute approximate surface area is 172 Å². The van der Waals surface area contributed by atoms with Crippen LogP contribution in [0, 0.1) is 0 Å². The Morgan fingerprint density at radius 1 is 1.18 bits per heavy atom. The van der Waals surface area contributed by atoms with E-state index in [-0.39, 0.29) is 24.0 Å². The van der Waals surface area contributed by atoms with Crippen molar-refractivity contribution in [1.29, 1.82) is 0 Å². The first-order valence-electron chi connectivity index (χ1n) is 10.2. The summed E-state index contributed by atoms with van der Waals surface area (Å²) in [6.07, 6.45) is 7.85. The number of nitrogens with one attached hydrogen (secondary N) is 1. The molecule has 1 saturated carbocycles. The highest BCUT2D eigenvalue weighted by molar-refractivity contribution is 6.32. The number of amides is 2. The Bertz CT molecular complexity index is 748. The topological polar surface area (TPSA) is 58.6 Å². The van der Waals surface area contributed by atoms with Crippen molar-refractivity contribution < 1.29 is 14.3 Å². The van der Waals surface area contributed by atoms with E-state index >= 15 is 0 Å². The van der Waals surface area contributed by atoms with E-state index in [2.05, 4.69) is 5.32 Å². The third kappa shape index (κ3) is 5.07. The third-order valence-electron chi connectivity index (χ3n) is 5.68. The van der Waals surface area contributed by atoms with E-state index in [0.29, 0.717) is 29.4 Å². The maximum atomic E-state index is 12.4. The highest BCUT2D eigenvalue weighted by Gasteiger charge is 2.25. The van der Waals surface area contributed by atoms with Gasteiger partial charge in [0.2, 0.25) is 5.91 Å². The van der Waals surface area contributed by atoms with E-state index in [0.717, 1.165) is 31.3 Å². The van der Waals surface area contributed by atoms with Gasteiger partial charge in [0.05, 0.1) is 5.02 Å². The zero-order chi connectivity index (χ0) is 20.1. The van der Waals surface area contributed by atoms with Crippen LogP contribution in [0.2, 0.25) is 5.02 Å². The van der Waals surface area contributed by atoms with Gasteiger partial charge in [-0.05, 0) is 44.9 Å². The Balaban J connectivity index is 1.54. The molecule has 0 aromatic heterocycles. The molecule has 3 rings (SSSR count). The van der Waals surface area contributed by atoms with Gasteiger partial charge in [0, 0.05) is 43.1 Å². The van der Waals surface area contributed by atoms with Crippen molar-refractivity contribution in [3.05, 3.63) is 40.4 Å². The largest absolute Gasteiger partial charge is 0.489 e. The van der Waals surface area contributed by atoms with E-state index < -0.39 is 0 Å². The number of nitrogens with zero attached hydrogens (tertiary/aromatic N) is 1. The lowest BCUT2D eigenvalue weighted by Gasteiger charge is -2.32. The van der Waals surface area contributed by atoms with Gasteiger partial charge in [0.25, 0.3) is 5.91 Å². The van der Waals surface area contributed by atoms with Gasteiger partial charge in [-0.2, -0.15) is 0 Å². The molecule has 28 heavy (non-hydrogen) atoms. The lowest BCUT2D eigenvalue weighted by Crippen LogP contribution is -2.42. The van der Waals surface area contributed by atoms with E-state index in [9.17, 15) is 9.59 Å². The molecule has 2 aliphatic rings. The van der Waals surface area contributed by atoms with E-state index in [4.69, 9.17) is 16.3 Å². The van der Waals surface area contributed by atoms with Crippen molar-refractivity contribution in [1.82, 2.24) is 10.2 Å². The van der Waals surface area contributed by atoms with Crippen molar-refractivity contribution in [2.45, 2.75) is 64.5 Å². The maximum absolute atomic E-state index is 12.4. The van der Waals surface area contributed by atoms with Crippen LogP contribution in [-0.2, 0) is 4.79 Å². The van der Waals surface area contributed by atoms with Gasteiger partial charge in [-0.15, -0.1) is 0 Å². The second-order valence-corrected chi connectivity index (χ2v) is 8.09. The molecule has 6 heteroatoms.